The molecule has 4 rings (SSSR count). The maximum atomic E-state index is 13.6. The minimum absolute atomic E-state index is 0.00271. The van der Waals surface area contributed by atoms with Gasteiger partial charge in [0.05, 0.1) is 12.7 Å². The Hall–Kier alpha value is -2.98. The van der Waals surface area contributed by atoms with Gasteiger partial charge in [-0.05, 0) is 54.3 Å². The number of ketones is 1. The summed E-state index contributed by atoms with van der Waals surface area (Å²) < 4.78 is 7.34. The van der Waals surface area contributed by atoms with Crippen molar-refractivity contribution in [3.8, 4) is 5.75 Å². The number of hydrogen-bond donors (Lipinski definition) is 0. The lowest BCUT2D eigenvalue weighted by Crippen LogP contribution is -2.14. The number of methoxy groups -OCH3 is 1. The van der Waals surface area contributed by atoms with Gasteiger partial charge in [-0.1, -0.05) is 38.1 Å². The SMILES string of the molecule is CCc1cc2sc3ccccc3c(=O)c2c(CC)c1C(=O)c1ccccc1OC. The van der Waals surface area contributed by atoms with Crippen molar-refractivity contribution < 1.29 is 9.53 Å². The number of ether oxygens (including phenoxy) is 1. The number of carbonyl (C=O) groups is 1. The topological polar surface area (TPSA) is 43.4 Å². The predicted octanol–water partition coefficient (Wildman–Crippen LogP) is 5.78. The first-order valence-corrected chi connectivity index (χ1v) is 10.6. The van der Waals surface area contributed by atoms with Crippen LogP contribution < -0.4 is 10.2 Å². The van der Waals surface area contributed by atoms with Crippen LogP contribution in [0.2, 0.25) is 0 Å². The van der Waals surface area contributed by atoms with Gasteiger partial charge in [0, 0.05) is 25.7 Å². The van der Waals surface area contributed by atoms with Crippen molar-refractivity contribution in [3.63, 3.8) is 0 Å². The fourth-order valence-electron chi connectivity index (χ4n) is 3.98. The van der Waals surface area contributed by atoms with Gasteiger partial charge in [0.15, 0.2) is 11.2 Å². The van der Waals surface area contributed by atoms with Crippen LogP contribution in [0.3, 0.4) is 0 Å². The highest BCUT2D eigenvalue weighted by Gasteiger charge is 2.23. The number of carbonyl (C=O) groups excluding carboxylic acids is 1. The van der Waals surface area contributed by atoms with Gasteiger partial charge in [0.1, 0.15) is 5.75 Å². The van der Waals surface area contributed by atoms with E-state index in [2.05, 4.69) is 0 Å². The molecule has 0 aliphatic heterocycles. The van der Waals surface area contributed by atoms with E-state index >= 15 is 0 Å². The molecule has 3 nitrogen and oxygen atoms in total. The van der Waals surface area contributed by atoms with E-state index in [1.54, 1.807) is 30.6 Å². The van der Waals surface area contributed by atoms with E-state index in [4.69, 9.17) is 4.74 Å². The molecule has 0 aliphatic carbocycles. The minimum Gasteiger partial charge on any atom is -0.496 e. The molecule has 146 valence electrons. The molecule has 0 spiro atoms. The molecule has 0 unspecified atom stereocenters. The molecule has 0 N–H and O–H groups in total. The highest BCUT2D eigenvalue weighted by Crippen LogP contribution is 2.33. The summed E-state index contributed by atoms with van der Waals surface area (Å²) in [5, 5.41) is 1.38. The fourth-order valence-corrected chi connectivity index (χ4v) is 5.15. The van der Waals surface area contributed by atoms with Gasteiger partial charge in [0.25, 0.3) is 0 Å². The van der Waals surface area contributed by atoms with Crippen molar-refractivity contribution in [1.82, 2.24) is 0 Å². The summed E-state index contributed by atoms with van der Waals surface area (Å²) in [6.45, 7) is 4.05. The molecule has 0 fully saturated rings. The number of para-hydroxylation sites is 1. The van der Waals surface area contributed by atoms with Gasteiger partial charge < -0.3 is 4.74 Å². The molecule has 3 aromatic carbocycles. The first-order chi connectivity index (χ1) is 14.1. The van der Waals surface area contributed by atoms with Crippen LogP contribution in [-0.2, 0) is 12.8 Å². The molecule has 0 atom stereocenters. The average molecular weight is 403 g/mol. The van der Waals surface area contributed by atoms with Crippen LogP contribution in [0.5, 0.6) is 5.75 Å². The number of hydrogen-bond acceptors (Lipinski definition) is 4. The van der Waals surface area contributed by atoms with Crippen LogP contribution in [-0.4, -0.2) is 12.9 Å². The molecule has 29 heavy (non-hydrogen) atoms. The van der Waals surface area contributed by atoms with E-state index in [1.807, 2.05) is 56.3 Å². The van der Waals surface area contributed by atoms with Crippen LogP contribution in [0, 0.1) is 0 Å². The molecule has 0 radical (unpaired) electrons. The van der Waals surface area contributed by atoms with Crippen LogP contribution >= 0.6 is 11.3 Å². The van der Waals surface area contributed by atoms with Crippen molar-refractivity contribution in [2.24, 2.45) is 0 Å². The van der Waals surface area contributed by atoms with Crippen LogP contribution in [0.15, 0.2) is 59.4 Å². The number of fused-ring (bicyclic) bond motifs is 2. The Morgan fingerprint density at radius 1 is 0.966 bits per heavy atom. The van der Waals surface area contributed by atoms with Gasteiger partial charge in [-0.25, -0.2) is 0 Å². The van der Waals surface area contributed by atoms with Gasteiger partial charge in [-0.2, -0.15) is 0 Å². The molecule has 4 aromatic rings. The average Bonchev–Trinajstić information content (AvgIpc) is 2.77. The molecule has 1 aromatic heterocycles. The van der Waals surface area contributed by atoms with E-state index in [0.717, 1.165) is 20.5 Å². The summed E-state index contributed by atoms with van der Waals surface area (Å²) in [6.07, 6.45) is 1.33. The Morgan fingerprint density at radius 2 is 1.69 bits per heavy atom. The Morgan fingerprint density at radius 3 is 2.41 bits per heavy atom. The third-order valence-corrected chi connectivity index (χ3v) is 6.49. The Bertz CT molecular complexity index is 1300. The summed E-state index contributed by atoms with van der Waals surface area (Å²) in [7, 11) is 1.57. The second-order valence-electron chi connectivity index (χ2n) is 6.93. The Labute approximate surface area is 173 Å². The van der Waals surface area contributed by atoms with Crippen molar-refractivity contribution >= 4 is 37.3 Å². The molecule has 0 bridgehead atoms. The number of rotatable bonds is 5. The van der Waals surface area contributed by atoms with E-state index in [1.165, 1.54) is 0 Å². The summed E-state index contributed by atoms with van der Waals surface area (Å²) in [4.78, 5) is 27.0. The van der Waals surface area contributed by atoms with Gasteiger partial charge >= 0.3 is 0 Å². The lowest BCUT2D eigenvalue weighted by atomic mass is 9.88. The molecule has 4 heteroatoms. The monoisotopic (exact) mass is 402 g/mol. The zero-order valence-corrected chi connectivity index (χ0v) is 17.6. The van der Waals surface area contributed by atoms with E-state index < -0.39 is 0 Å². The second-order valence-corrected chi connectivity index (χ2v) is 8.01. The lowest BCUT2D eigenvalue weighted by Gasteiger charge is -2.17. The van der Waals surface area contributed by atoms with Crippen molar-refractivity contribution in [2.75, 3.05) is 7.11 Å². The van der Waals surface area contributed by atoms with E-state index in [0.29, 0.717) is 40.5 Å². The number of benzene rings is 3. The Balaban J connectivity index is 2.11. The summed E-state index contributed by atoms with van der Waals surface area (Å²) >= 11 is 1.61. The van der Waals surface area contributed by atoms with Gasteiger partial charge in [-0.3, -0.25) is 9.59 Å². The zero-order chi connectivity index (χ0) is 20.5. The third-order valence-electron chi connectivity index (χ3n) is 5.37. The summed E-state index contributed by atoms with van der Waals surface area (Å²) in [5.41, 5.74) is 2.98. The maximum Gasteiger partial charge on any atom is 0.197 e. The molecule has 0 amide bonds. The largest absolute Gasteiger partial charge is 0.496 e. The standard InChI is InChI=1S/C25H22O3S/c1-4-15-14-21-23(25(27)18-11-7-9-13-20(18)29-21)16(5-2)22(15)24(26)17-10-6-8-12-19(17)28-3/h6-14H,4-5H2,1-3H3. The van der Waals surface area contributed by atoms with E-state index in [-0.39, 0.29) is 11.2 Å². The molecule has 0 saturated heterocycles. The van der Waals surface area contributed by atoms with Crippen molar-refractivity contribution in [1.29, 1.82) is 0 Å². The highest BCUT2D eigenvalue weighted by molar-refractivity contribution is 7.24. The van der Waals surface area contributed by atoms with Crippen LogP contribution in [0.1, 0.15) is 40.9 Å². The van der Waals surface area contributed by atoms with Gasteiger partial charge in [-0.15, -0.1) is 11.3 Å². The van der Waals surface area contributed by atoms with E-state index in [9.17, 15) is 9.59 Å². The molecule has 0 saturated carbocycles. The quantitative estimate of drug-likeness (QED) is 0.314. The van der Waals surface area contributed by atoms with Crippen molar-refractivity contribution in [3.05, 3.63) is 87.1 Å². The minimum atomic E-state index is -0.0874. The summed E-state index contributed by atoms with van der Waals surface area (Å²) in [5.74, 6) is 0.459. The molecule has 0 aliphatic rings. The third kappa shape index (κ3) is 3.14. The second kappa shape index (κ2) is 7.80. The lowest BCUT2D eigenvalue weighted by molar-refractivity contribution is 0.103. The molecular weight excluding hydrogens is 380 g/mol. The van der Waals surface area contributed by atoms with Crippen molar-refractivity contribution in [2.45, 2.75) is 26.7 Å². The number of aryl methyl sites for hydroxylation is 2. The molecular formula is C25H22O3S. The molecule has 1 heterocycles. The zero-order valence-electron chi connectivity index (χ0n) is 16.7. The van der Waals surface area contributed by atoms with Gasteiger partial charge in [0.2, 0.25) is 0 Å². The first kappa shape index (κ1) is 19.3. The maximum absolute atomic E-state index is 13.6. The highest BCUT2D eigenvalue weighted by atomic mass is 32.1. The Kier molecular flexibility index (Phi) is 5.20. The summed E-state index contributed by atoms with van der Waals surface area (Å²) in [6, 6.07) is 17.0. The normalized spacial score (nSPS) is 11.1. The van der Waals surface area contributed by atoms with Crippen LogP contribution in [0.25, 0.3) is 20.2 Å². The van der Waals surface area contributed by atoms with Crippen LogP contribution in [0.4, 0.5) is 0 Å². The first-order valence-electron chi connectivity index (χ1n) is 9.78. The fraction of sp³-hybridized carbons (Fsp3) is 0.200. The predicted molar refractivity (Wildman–Crippen MR) is 121 cm³/mol. The smallest absolute Gasteiger partial charge is 0.197 e.